The molecule has 1 N–H and O–H groups in total. The fourth-order valence-corrected chi connectivity index (χ4v) is 4.11. The first-order valence-electron chi connectivity index (χ1n) is 11.4. The highest BCUT2D eigenvalue weighted by Gasteiger charge is 2.21. The Labute approximate surface area is 193 Å². The highest BCUT2D eigenvalue weighted by Crippen LogP contribution is 2.20. The lowest BCUT2D eigenvalue weighted by atomic mass is 10.1. The Morgan fingerprint density at radius 3 is 2.52 bits per heavy atom. The number of hydrogen-bond donors (Lipinski definition) is 1. The van der Waals surface area contributed by atoms with Gasteiger partial charge in [-0.2, -0.15) is 4.98 Å². The number of benzene rings is 1. The van der Waals surface area contributed by atoms with Crippen molar-refractivity contribution in [2.45, 2.75) is 33.4 Å². The fraction of sp³-hybridized carbons (Fsp3) is 0.360. The number of anilines is 1. The molecule has 0 unspecified atom stereocenters. The van der Waals surface area contributed by atoms with Gasteiger partial charge in [-0.25, -0.2) is 4.98 Å². The van der Waals surface area contributed by atoms with Gasteiger partial charge in [0.2, 0.25) is 5.95 Å². The topological polar surface area (TPSA) is 83.4 Å². The first-order valence-corrected chi connectivity index (χ1v) is 11.4. The van der Waals surface area contributed by atoms with Gasteiger partial charge in [-0.05, 0) is 50.7 Å². The van der Waals surface area contributed by atoms with Crippen molar-refractivity contribution < 1.29 is 4.79 Å². The molecule has 0 aliphatic carbocycles. The van der Waals surface area contributed by atoms with Crippen molar-refractivity contribution in [3.05, 3.63) is 76.4 Å². The minimum Gasteiger partial charge on any atom is -0.374 e. The van der Waals surface area contributed by atoms with E-state index in [1.807, 2.05) is 56.0 Å². The molecule has 1 aliphatic heterocycles. The molecule has 1 amide bonds. The number of aromatic nitrogens is 3. The van der Waals surface area contributed by atoms with Gasteiger partial charge >= 0.3 is 0 Å². The molecule has 8 heteroatoms. The van der Waals surface area contributed by atoms with Crippen molar-refractivity contribution in [3.63, 3.8) is 0 Å². The van der Waals surface area contributed by atoms with Crippen LogP contribution in [0, 0.1) is 0 Å². The molecule has 3 aromatic rings. The number of aryl methyl sites for hydroxylation is 1. The van der Waals surface area contributed by atoms with Gasteiger partial charge in [-0.3, -0.25) is 14.2 Å². The number of piperazine rings is 1. The van der Waals surface area contributed by atoms with Crippen LogP contribution in [0.5, 0.6) is 0 Å². The predicted molar refractivity (Wildman–Crippen MR) is 130 cm³/mol. The summed E-state index contributed by atoms with van der Waals surface area (Å²) in [5.74, 6) is 0.527. The summed E-state index contributed by atoms with van der Waals surface area (Å²) in [6.45, 7) is 9.65. The van der Waals surface area contributed by atoms with Crippen molar-refractivity contribution in [2.24, 2.45) is 0 Å². The molecule has 0 radical (unpaired) electrons. The Bertz CT molecular complexity index is 1210. The third-order valence-corrected chi connectivity index (χ3v) is 6.00. The minimum absolute atomic E-state index is 0.0673. The zero-order valence-corrected chi connectivity index (χ0v) is 19.4. The second kappa shape index (κ2) is 9.85. The Morgan fingerprint density at radius 2 is 1.85 bits per heavy atom. The molecule has 0 saturated carbocycles. The van der Waals surface area contributed by atoms with Crippen molar-refractivity contribution in [2.75, 3.05) is 31.5 Å². The van der Waals surface area contributed by atoms with Crippen LogP contribution in [-0.2, 0) is 6.54 Å². The van der Waals surface area contributed by atoms with Crippen molar-refractivity contribution >= 4 is 22.9 Å². The van der Waals surface area contributed by atoms with Crippen LogP contribution in [0.25, 0.3) is 11.0 Å². The van der Waals surface area contributed by atoms with E-state index in [4.69, 9.17) is 0 Å². The zero-order chi connectivity index (χ0) is 23.4. The molecule has 0 bridgehead atoms. The molecule has 1 saturated heterocycles. The Kier molecular flexibility index (Phi) is 6.72. The molecule has 33 heavy (non-hydrogen) atoms. The molecule has 0 spiro atoms. The normalized spacial score (nSPS) is 15.2. The standard InChI is InChI=1S/C25H30N6O2/c1-4-12-29-13-15-30(16-14-29)24(33)20-8-6-19(7-9-20)18(3)27-25-26-17-21-10-11-22(32)31(5-2)23(21)28-25/h4,6-12,17-18H,5,13-16H2,1-3H3,(H,26,27,28)/t18-/m0/s1. The number of fused-ring (bicyclic) bond motifs is 1. The number of allylic oxidation sites excluding steroid dienone is 1. The Balaban J connectivity index is 1.44. The van der Waals surface area contributed by atoms with Crippen LogP contribution in [0.3, 0.4) is 0 Å². The van der Waals surface area contributed by atoms with E-state index in [-0.39, 0.29) is 17.5 Å². The van der Waals surface area contributed by atoms with Gasteiger partial charge in [-0.15, -0.1) is 0 Å². The maximum Gasteiger partial charge on any atom is 0.253 e. The minimum atomic E-state index is -0.0776. The molecule has 1 fully saturated rings. The lowest BCUT2D eigenvalue weighted by molar-refractivity contribution is 0.0679. The molecular weight excluding hydrogens is 416 g/mol. The van der Waals surface area contributed by atoms with Gasteiger partial charge in [0.05, 0.1) is 6.04 Å². The molecule has 1 aliphatic rings. The number of nitrogens with one attached hydrogen (secondary N) is 1. The fourth-order valence-electron chi connectivity index (χ4n) is 4.11. The third-order valence-electron chi connectivity index (χ3n) is 6.00. The molecule has 8 nitrogen and oxygen atoms in total. The van der Waals surface area contributed by atoms with Crippen LogP contribution < -0.4 is 10.9 Å². The van der Waals surface area contributed by atoms with Crippen molar-refractivity contribution in [1.82, 2.24) is 24.3 Å². The number of amides is 1. The zero-order valence-electron chi connectivity index (χ0n) is 19.4. The van der Waals surface area contributed by atoms with Crippen molar-refractivity contribution in [3.8, 4) is 0 Å². The maximum atomic E-state index is 12.9. The second-order valence-corrected chi connectivity index (χ2v) is 8.19. The number of nitrogens with zero attached hydrogens (tertiary/aromatic N) is 5. The largest absolute Gasteiger partial charge is 0.374 e. The molecule has 4 rings (SSSR count). The van der Waals surface area contributed by atoms with Gasteiger partial charge in [0.15, 0.2) is 0 Å². The molecule has 1 aromatic carbocycles. The van der Waals surface area contributed by atoms with Gasteiger partial charge in [0.25, 0.3) is 11.5 Å². The first-order chi connectivity index (χ1) is 16.0. The SMILES string of the molecule is CC=CN1CCN(C(=O)c2ccc([C@H](C)Nc3ncc4ccc(=O)n(CC)c4n3)cc2)CC1. The van der Waals surface area contributed by atoms with E-state index in [1.54, 1.807) is 16.8 Å². The number of carbonyl (C=O) groups excluding carboxylic acids is 1. The Morgan fingerprint density at radius 1 is 1.12 bits per heavy atom. The average Bonchev–Trinajstić information content (AvgIpc) is 2.84. The van der Waals surface area contributed by atoms with E-state index in [0.29, 0.717) is 23.7 Å². The average molecular weight is 447 g/mol. The lowest BCUT2D eigenvalue weighted by Crippen LogP contribution is -2.46. The highest BCUT2D eigenvalue weighted by molar-refractivity contribution is 5.94. The lowest BCUT2D eigenvalue weighted by Gasteiger charge is -2.34. The summed E-state index contributed by atoms with van der Waals surface area (Å²) in [4.78, 5) is 38.1. The maximum absolute atomic E-state index is 12.9. The number of pyridine rings is 1. The van der Waals surface area contributed by atoms with Gasteiger partial charge in [0, 0.05) is 55.9 Å². The summed E-state index contributed by atoms with van der Waals surface area (Å²) in [5, 5.41) is 4.13. The summed E-state index contributed by atoms with van der Waals surface area (Å²) in [6.07, 6.45) is 5.82. The Hall–Kier alpha value is -3.68. The summed E-state index contributed by atoms with van der Waals surface area (Å²) in [5.41, 5.74) is 2.25. The van der Waals surface area contributed by atoms with E-state index >= 15 is 0 Å². The monoisotopic (exact) mass is 446 g/mol. The number of hydrogen-bond acceptors (Lipinski definition) is 6. The van der Waals surface area contributed by atoms with Gasteiger partial charge in [-0.1, -0.05) is 18.2 Å². The summed E-state index contributed by atoms with van der Waals surface area (Å²) >= 11 is 0. The van der Waals surface area contributed by atoms with E-state index < -0.39 is 0 Å². The molecule has 1 atom stereocenters. The quantitative estimate of drug-likeness (QED) is 0.626. The van der Waals surface area contributed by atoms with E-state index in [9.17, 15) is 9.59 Å². The number of carbonyl (C=O) groups is 1. The van der Waals surface area contributed by atoms with Crippen molar-refractivity contribution in [1.29, 1.82) is 0 Å². The second-order valence-electron chi connectivity index (χ2n) is 8.19. The molecular formula is C25H30N6O2. The summed E-state index contributed by atoms with van der Waals surface area (Å²) in [7, 11) is 0. The predicted octanol–water partition coefficient (Wildman–Crippen LogP) is 3.28. The van der Waals surface area contributed by atoms with Crippen LogP contribution in [0.2, 0.25) is 0 Å². The van der Waals surface area contributed by atoms with Crippen LogP contribution >= 0.6 is 0 Å². The summed E-state index contributed by atoms with van der Waals surface area (Å²) in [6, 6.07) is 10.9. The highest BCUT2D eigenvalue weighted by atomic mass is 16.2. The number of rotatable bonds is 6. The van der Waals surface area contributed by atoms with Crippen LogP contribution in [0.1, 0.15) is 42.7 Å². The van der Waals surface area contributed by atoms with Crippen LogP contribution in [0.15, 0.2) is 59.7 Å². The van der Waals surface area contributed by atoms with Gasteiger partial charge < -0.3 is 15.1 Å². The van der Waals surface area contributed by atoms with E-state index in [2.05, 4.69) is 26.4 Å². The first kappa shape index (κ1) is 22.5. The van der Waals surface area contributed by atoms with Gasteiger partial charge in [0.1, 0.15) is 5.65 Å². The smallest absolute Gasteiger partial charge is 0.253 e. The molecule has 172 valence electrons. The third kappa shape index (κ3) is 4.89. The summed E-state index contributed by atoms with van der Waals surface area (Å²) < 4.78 is 1.63. The molecule has 2 aromatic heterocycles. The molecule has 3 heterocycles. The van der Waals surface area contributed by atoms with Crippen LogP contribution in [-0.4, -0.2) is 56.4 Å². The van der Waals surface area contributed by atoms with Crippen LogP contribution in [0.4, 0.5) is 5.95 Å². The van der Waals surface area contributed by atoms with E-state index in [0.717, 1.165) is 37.1 Å². The van der Waals surface area contributed by atoms with E-state index in [1.165, 1.54) is 6.07 Å².